The molecule has 2 aliphatic rings. The molecule has 4 N–H and O–H groups in total. The van der Waals surface area contributed by atoms with Gasteiger partial charge in [0.05, 0.1) is 56.0 Å². The lowest BCUT2D eigenvalue weighted by molar-refractivity contribution is -0.0845. The van der Waals surface area contributed by atoms with Gasteiger partial charge < -0.3 is 39.1 Å². The standard InChI is InChI=1S/C44H44Br2N4O6/c1-3-39(53-25-5-23-51)55-29-11-7-27(8-12-29)41-31-15-19-35(47-31)43(45)37-21-17-33(49-37)42(34-18-22-38(50-34)44(46)36-20-16-32(41)48-36)28-9-13-30(14-10-28)56-40(4-2)54-26-6-24-52/h7-22,39-40,47,50-52H,3-6,23-26H2,1-2H3. The zero-order valence-corrected chi connectivity index (χ0v) is 34.4. The molecule has 7 rings (SSSR count). The van der Waals surface area contributed by atoms with Crippen molar-refractivity contribution in [2.75, 3.05) is 26.4 Å². The van der Waals surface area contributed by atoms with E-state index in [1.165, 1.54) is 0 Å². The number of aromatic nitrogens is 4. The Morgan fingerprint density at radius 2 is 0.911 bits per heavy atom. The maximum absolute atomic E-state index is 9.13. The van der Waals surface area contributed by atoms with Crippen molar-refractivity contribution in [3.63, 3.8) is 0 Å². The highest BCUT2D eigenvalue weighted by Crippen LogP contribution is 2.37. The van der Waals surface area contributed by atoms with Gasteiger partial charge in [-0.15, -0.1) is 0 Å². The number of halogens is 2. The van der Waals surface area contributed by atoms with Crippen LogP contribution in [0.2, 0.25) is 0 Å². The molecule has 2 aromatic carbocycles. The smallest absolute Gasteiger partial charge is 0.199 e. The second kappa shape index (κ2) is 18.6. The molecule has 2 aliphatic heterocycles. The molecule has 10 nitrogen and oxygen atoms in total. The molecule has 12 heteroatoms. The van der Waals surface area contributed by atoms with Crippen molar-refractivity contribution in [1.82, 2.24) is 19.9 Å². The summed E-state index contributed by atoms with van der Waals surface area (Å²) in [5, 5.41) is 18.3. The summed E-state index contributed by atoms with van der Waals surface area (Å²) in [5.74, 6) is 1.39. The maximum Gasteiger partial charge on any atom is 0.199 e. The average Bonchev–Trinajstić information content (AvgIpc) is 4.07. The van der Waals surface area contributed by atoms with E-state index in [-0.39, 0.29) is 13.2 Å². The van der Waals surface area contributed by atoms with E-state index in [1.54, 1.807) is 0 Å². The van der Waals surface area contributed by atoms with E-state index in [0.717, 1.165) is 76.0 Å². The lowest BCUT2D eigenvalue weighted by atomic mass is 10.0. The molecule has 2 atom stereocenters. The molecule has 0 radical (unpaired) electrons. The molecule has 0 fully saturated rings. The first-order valence-corrected chi connectivity index (χ1v) is 20.4. The van der Waals surface area contributed by atoms with Crippen molar-refractivity contribution in [2.45, 2.75) is 52.1 Å². The molecule has 0 saturated heterocycles. The van der Waals surface area contributed by atoms with Gasteiger partial charge in [-0.3, -0.25) is 0 Å². The van der Waals surface area contributed by atoms with E-state index < -0.39 is 12.6 Å². The molecule has 0 saturated carbocycles. The molecular formula is C44H44Br2N4O6. The zero-order chi connectivity index (χ0) is 39.0. The van der Waals surface area contributed by atoms with E-state index in [4.69, 9.17) is 39.1 Å². The van der Waals surface area contributed by atoms with Crippen LogP contribution in [0.3, 0.4) is 0 Å². The number of aliphatic hydroxyl groups is 2. The third kappa shape index (κ3) is 9.01. The summed E-state index contributed by atoms with van der Waals surface area (Å²) in [7, 11) is 0. The molecule has 3 aromatic heterocycles. The molecule has 0 spiro atoms. The van der Waals surface area contributed by atoms with Crippen LogP contribution in [0, 0.1) is 0 Å². The van der Waals surface area contributed by atoms with Crippen LogP contribution in [0.15, 0.2) is 81.7 Å². The molecule has 290 valence electrons. The Balaban J connectivity index is 1.32. The number of rotatable bonds is 16. The summed E-state index contributed by atoms with van der Waals surface area (Å²) in [6.45, 7) is 5.04. The predicted molar refractivity (Wildman–Crippen MR) is 230 cm³/mol. The Hall–Kier alpha value is -4.56. The summed E-state index contributed by atoms with van der Waals surface area (Å²) in [6, 6.07) is 24.1. The van der Waals surface area contributed by atoms with Gasteiger partial charge in [-0.1, -0.05) is 38.1 Å². The molecule has 5 heterocycles. The number of aromatic amines is 2. The summed E-state index contributed by atoms with van der Waals surface area (Å²) >= 11 is 7.74. The number of H-pyrrole nitrogens is 2. The SMILES string of the molecule is CCC(OCCCO)Oc1ccc(-c2c3nc(c(Br)c4ccc([nH]4)c(-c4ccc(OC(CC)OCCCO)cc4)c4nc(c(Br)c5ccc2[nH]5)C=C4)C=C3)cc1. The molecule has 0 aliphatic carbocycles. The van der Waals surface area contributed by atoms with Crippen LogP contribution in [0.5, 0.6) is 11.5 Å². The first-order valence-electron chi connectivity index (χ1n) is 18.8. The number of benzene rings is 2. The number of fused-ring (bicyclic) bond motifs is 8. The maximum atomic E-state index is 9.13. The van der Waals surface area contributed by atoms with Crippen molar-refractivity contribution in [1.29, 1.82) is 0 Å². The Kier molecular flexibility index (Phi) is 13.2. The number of nitrogens with one attached hydrogen (secondary N) is 2. The monoisotopic (exact) mass is 882 g/mol. The summed E-state index contributed by atoms with van der Waals surface area (Å²) < 4.78 is 25.5. The van der Waals surface area contributed by atoms with Gasteiger partial charge in [0.2, 0.25) is 0 Å². The Labute approximate surface area is 342 Å². The van der Waals surface area contributed by atoms with Gasteiger partial charge in [-0.2, -0.15) is 0 Å². The molecule has 0 amide bonds. The minimum atomic E-state index is -0.399. The van der Waals surface area contributed by atoms with E-state index in [0.29, 0.717) is 50.4 Å². The molecule has 5 aromatic rings. The second-order valence-corrected chi connectivity index (χ2v) is 14.8. The fourth-order valence-corrected chi connectivity index (χ4v) is 7.38. The number of hydrogen-bond acceptors (Lipinski definition) is 8. The van der Waals surface area contributed by atoms with Crippen molar-refractivity contribution in [2.24, 2.45) is 0 Å². The summed E-state index contributed by atoms with van der Waals surface area (Å²) in [4.78, 5) is 17.5. The number of hydrogen-bond donors (Lipinski definition) is 4. The van der Waals surface area contributed by atoms with Crippen LogP contribution in [-0.4, -0.2) is 69.2 Å². The van der Waals surface area contributed by atoms with Crippen LogP contribution in [0.25, 0.3) is 68.6 Å². The number of aliphatic hydroxyl groups excluding tert-OH is 2. The van der Waals surface area contributed by atoms with Crippen LogP contribution in [0.4, 0.5) is 0 Å². The lowest BCUT2D eigenvalue weighted by Crippen LogP contribution is -2.20. The highest BCUT2D eigenvalue weighted by Gasteiger charge is 2.18. The normalized spacial score (nSPS) is 13.2. The zero-order valence-electron chi connectivity index (χ0n) is 31.2. The van der Waals surface area contributed by atoms with Crippen molar-refractivity contribution in [3.05, 3.63) is 105 Å². The van der Waals surface area contributed by atoms with E-state index in [2.05, 4.69) is 54.0 Å². The largest absolute Gasteiger partial charge is 0.465 e. The Bertz CT molecular complexity index is 2200. The van der Waals surface area contributed by atoms with Gasteiger partial charge in [0.1, 0.15) is 11.5 Å². The molecule has 8 bridgehead atoms. The Morgan fingerprint density at radius 1 is 0.536 bits per heavy atom. The predicted octanol–water partition coefficient (Wildman–Crippen LogP) is 10.5. The summed E-state index contributed by atoms with van der Waals surface area (Å²) in [6.07, 6.45) is 9.79. The highest BCUT2D eigenvalue weighted by molar-refractivity contribution is 9.11. The Morgan fingerprint density at radius 3 is 1.29 bits per heavy atom. The number of ether oxygens (including phenoxy) is 4. The first-order chi connectivity index (χ1) is 27.4. The topological polar surface area (TPSA) is 135 Å². The molecule has 2 unspecified atom stereocenters. The van der Waals surface area contributed by atoms with Crippen LogP contribution in [0.1, 0.15) is 62.3 Å². The van der Waals surface area contributed by atoms with Gasteiger partial charge >= 0.3 is 0 Å². The van der Waals surface area contributed by atoms with Crippen molar-refractivity contribution < 1.29 is 29.2 Å². The summed E-state index contributed by atoms with van der Waals surface area (Å²) in [5.41, 5.74) is 10.5. The fraction of sp³-hybridized carbons (Fsp3) is 0.273. The van der Waals surface area contributed by atoms with Gasteiger partial charge in [0.25, 0.3) is 0 Å². The quantitative estimate of drug-likeness (QED) is 0.0557. The van der Waals surface area contributed by atoms with Crippen molar-refractivity contribution in [3.8, 4) is 33.8 Å². The van der Waals surface area contributed by atoms with Gasteiger partial charge in [-0.25, -0.2) is 9.97 Å². The van der Waals surface area contributed by atoms with E-state index in [1.807, 2.05) is 98.8 Å². The average molecular weight is 885 g/mol. The van der Waals surface area contributed by atoms with E-state index in [9.17, 15) is 0 Å². The molecule has 56 heavy (non-hydrogen) atoms. The van der Waals surface area contributed by atoms with Crippen LogP contribution >= 0.6 is 31.9 Å². The van der Waals surface area contributed by atoms with Gasteiger partial charge in [-0.05, 0) is 129 Å². The third-order valence-corrected chi connectivity index (χ3v) is 11.0. The van der Waals surface area contributed by atoms with Gasteiger partial charge in [0, 0.05) is 48.2 Å². The third-order valence-electron chi connectivity index (χ3n) is 9.33. The fourth-order valence-electron chi connectivity index (χ4n) is 6.48. The number of nitrogens with zero attached hydrogens (tertiary/aromatic N) is 2. The lowest BCUT2D eigenvalue weighted by Gasteiger charge is -2.18. The highest BCUT2D eigenvalue weighted by atomic mass is 79.9. The van der Waals surface area contributed by atoms with Crippen molar-refractivity contribution >= 4 is 78.2 Å². The van der Waals surface area contributed by atoms with Crippen LogP contribution in [-0.2, 0) is 9.47 Å². The minimum Gasteiger partial charge on any atom is -0.465 e. The van der Waals surface area contributed by atoms with Gasteiger partial charge in [0.15, 0.2) is 12.6 Å². The van der Waals surface area contributed by atoms with E-state index >= 15 is 0 Å². The second-order valence-electron chi connectivity index (χ2n) is 13.2. The first kappa shape index (κ1) is 39.7. The minimum absolute atomic E-state index is 0.0805. The molecular weight excluding hydrogens is 840 g/mol. The van der Waals surface area contributed by atoms with Crippen LogP contribution < -0.4 is 9.47 Å².